The van der Waals surface area contributed by atoms with Crippen molar-refractivity contribution in [2.45, 2.75) is 19.4 Å². The van der Waals surface area contributed by atoms with E-state index in [0.29, 0.717) is 13.0 Å². The largest absolute Gasteiger partial charge is 0.395 e. The van der Waals surface area contributed by atoms with E-state index < -0.39 is 10.0 Å². The van der Waals surface area contributed by atoms with Crippen LogP contribution in [0.3, 0.4) is 0 Å². The van der Waals surface area contributed by atoms with Gasteiger partial charge in [0.15, 0.2) is 0 Å². The van der Waals surface area contributed by atoms with Gasteiger partial charge in [-0.05, 0) is 17.9 Å². The molecular formula is C13H19NO3S. The highest BCUT2D eigenvalue weighted by molar-refractivity contribution is 7.89. The summed E-state index contributed by atoms with van der Waals surface area (Å²) in [6.07, 6.45) is 0.559. The average Bonchev–Trinajstić information content (AvgIpc) is 2.61. The summed E-state index contributed by atoms with van der Waals surface area (Å²) in [5, 5.41) is 9.46. The zero-order valence-electron chi connectivity index (χ0n) is 10.5. The molecule has 1 aliphatic heterocycles. The van der Waals surface area contributed by atoms with Crippen LogP contribution in [0.1, 0.15) is 12.5 Å². The predicted octanol–water partition coefficient (Wildman–Crippen LogP) is 0.871. The van der Waals surface area contributed by atoms with E-state index in [0.717, 1.165) is 5.56 Å². The van der Waals surface area contributed by atoms with Crippen molar-refractivity contribution in [3.8, 4) is 0 Å². The summed E-state index contributed by atoms with van der Waals surface area (Å²) in [6, 6.07) is 9.33. The summed E-state index contributed by atoms with van der Waals surface area (Å²) in [6.45, 7) is 2.30. The molecule has 1 aromatic rings. The van der Waals surface area contributed by atoms with Gasteiger partial charge < -0.3 is 5.11 Å². The second-order valence-electron chi connectivity index (χ2n) is 4.98. The van der Waals surface area contributed by atoms with E-state index in [-0.39, 0.29) is 24.3 Å². The quantitative estimate of drug-likeness (QED) is 0.882. The predicted molar refractivity (Wildman–Crippen MR) is 70.7 cm³/mol. The van der Waals surface area contributed by atoms with Crippen LogP contribution in [0.5, 0.6) is 0 Å². The normalized spacial score (nSPS) is 25.1. The molecule has 0 aliphatic carbocycles. The molecule has 2 unspecified atom stereocenters. The van der Waals surface area contributed by atoms with Crippen LogP contribution in [0.2, 0.25) is 0 Å². The topological polar surface area (TPSA) is 57.6 Å². The summed E-state index contributed by atoms with van der Waals surface area (Å²) in [5.74, 6) is 0.331. The van der Waals surface area contributed by atoms with Crippen molar-refractivity contribution in [1.29, 1.82) is 0 Å². The molecule has 1 saturated heterocycles. The second-order valence-corrected chi connectivity index (χ2v) is 6.95. The highest BCUT2D eigenvalue weighted by Crippen LogP contribution is 2.23. The van der Waals surface area contributed by atoms with Crippen molar-refractivity contribution in [3.05, 3.63) is 35.9 Å². The average molecular weight is 269 g/mol. The van der Waals surface area contributed by atoms with E-state index in [1.807, 2.05) is 37.3 Å². The van der Waals surface area contributed by atoms with Crippen molar-refractivity contribution >= 4 is 10.0 Å². The van der Waals surface area contributed by atoms with Crippen LogP contribution in [-0.2, 0) is 16.4 Å². The third-order valence-electron chi connectivity index (χ3n) is 3.28. The van der Waals surface area contributed by atoms with E-state index in [2.05, 4.69) is 0 Å². The minimum absolute atomic E-state index is 0.138. The monoisotopic (exact) mass is 269 g/mol. The second kappa shape index (κ2) is 5.38. The summed E-state index contributed by atoms with van der Waals surface area (Å²) in [7, 11) is -3.19. The molecule has 2 rings (SSSR count). The van der Waals surface area contributed by atoms with Crippen LogP contribution in [-0.4, -0.2) is 42.8 Å². The van der Waals surface area contributed by atoms with Crippen molar-refractivity contribution in [1.82, 2.24) is 4.31 Å². The molecule has 100 valence electrons. The fourth-order valence-corrected chi connectivity index (χ4v) is 4.54. The smallest absolute Gasteiger partial charge is 0.214 e. The van der Waals surface area contributed by atoms with Gasteiger partial charge in [-0.1, -0.05) is 37.3 Å². The van der Waals surface area contributed by atoms with Crippen molar-refractivity contribution in [2.75, 3.05) is 18.9 Å². The van der Waals surface area contributed by atoms with Crippen LogP contribution in [0, 0.1) is 5.92 Å². The van der Waals surface area contributed by atoms with E-state index in [4.69, 9.17) is 0 Å². The van der Waals surface area contributed by atoms with Gasteiger partial charge in [0, 0.05) is 6.54 Å². The molecule has 4 nitrogen and oxygen atoms in total. The molecule has 18 heavy (non-hydrogen) atoms. The van der Waals surface area contributed by atoms with E-state index in [1.54, 1.807) is 0 Å². The minimum Gasteiger partial charge on any atom is -0.395 e. The molecule has 0 aromatic heterocycles. The summed E-state index contributed by atoms with van der Waals surface area (Å²) >= 11 is 0. The standard InChI is InChI=1S/C13H19NO3S/c1-11-8-14(18(16,17)10-11)13(9-15)7-12-5-3-2-4-6-12/h2-6,11,13,15H,7-10H2,1H3. The lowest BCUT2D eigenvalue weighted by atomic mass is 10.1. The molecule has 1 heterocycles. The van der Waals surface area contributed by atoms with Gasteiger partial charge in [0.2, 0.25) is 10.0 Å². The molecule has 1 aromatic carbocycles. The Hall–Kier alpha value is -0.910. The van der Waals surface area contributed by atoms with Crippen LogP contribution in [0.4, 0.5) is 0 Å². The Labute approximate surface area is 108 Å². The number of sulfonamides is 1. The van der Waals surface area contributed by atoms with Gasteiger partial charge >= 0.3 is 0 Å². The Bertz CT molecular complexity index is 486. The Kier molecular flexibility index (Phi) is 4.04. The van der Waals surface area contributed by atoms with Gasteiger partial charge in [-0.2, -0.15) is 4.31 Å². The molecule has 0 radical (unpaired) electrons. The Morgan fingerprint density at radius 2 is 2.06 bits per heavy atom. The minimum atomic E-state index is -3.19. The number of benzene rings is 1. The molecule has 0 amide bonds. The number of rotatable bonds is 4. The molecule has 0 spiro atoms. The first-order chi connectivity index (χ1) is 8.53. The van der Waals surface area contributed by atoms with E-state index >= 15 is 0 Å². The fourth-order valence-electron chi connectivity index (χ4n) is 2.45. The molecule has 1 fully saturated rings. The van der Waals surface area contributed by atoms with Crippen LogP contribution >= 0.6 is 0 Å². The molecule has 1 aliphatic rings. The van der Waals surface area contributed by atoms with Gasteiger partial charge in [0.05, 0.1) is 18.4 Å². The van der Waals surface area contributed by atoms with Crippen molar-refractivity contribution in [3.63, 3.8) is 0 Å². The SMILES string of the molecule is CC1CN(C(CO)Cc2ccccc2)S(=O)(=O)C1. The van der Waals surface area contributed by atoms with Crippen LogP contribution in [0.25, 0.3) is 0 Å². The number of aliphatic hydroxyl groups excluding tert-OH is 1. The first-order valence-corrected chi connectivity index (χ1v) is 7.78. The highest BCUT2D eigenvalue weighted by atomic mass is 32.2. The lowest BCUT2D eigenvalue weighted by Gasteiger charge is -2.24. The van der Waals surface area contributed by atoms with Gasteiger partial charge in [-0.3, -0.25) is 0 Å². The van der Waals surface area contributed by atoms with Crippen molar-refractivity contribution in [2.24, 2.45) is 5.92 Å². The summed E-state index contributed by atoms with van der Waals surface area (Å²) in [4.78, 5) is 0. The fraction of sp³-hybridized carbons (Fsp3) is 0.538. The maximum Gasteiger partial charge on any atom is 0.214 e. The first-order valence-electron chi connectivity index (χ1n) is 6.17. The Morgan fingerprint density at radius 1 is 1.39 bits per heavy atom. The van der Waals surface area contributed by atoms with Crippen molar-refractivity contribution < 1.29 is 13.5 Å². The zero-order chi connectivity index (χ0) is 13.2. The highest BCUT2D eigenvalue weighted by Gasteiger charge is 2.37. The number of nitrogens with zero attached hydrogens (tertiary/aromatic N) is 1. The molecule has 2 atom stereocenters. The number of hydrogen-bond donors (Lipinski definition) is 1. The van der Waals surface area contributed by atoms with Gasteiger partial charge in [0.25, 0.3) is 0 Å². The maximum atomic E-state index is 12.0. The zero-order valence-corrected chi connectivity index (χ0v) is 11.3. The molecule has 0 saturated carbocycles. The third-order valence-corrected chi connectivity index (χ3v) is 5.43. The van der Waals surface area contributed by atoms with Crippen LogP contribution in [0.15, 0.2) is 30.3 Å². The Balaban J connectivity index is 2.15. The number of hydrogen-bond acceptors (Lipinski definition) is 3. The Morgan fingerprint density at radius 3 is 2.56 bits per heavy atom. The number of aliphatic hydroxyl groups is 1. The first kappa shape index (κ1) is 13.5. The molecule has 1 N–H and O–H groups in total. The summed E-state index contributed by atoms with van der Waals surface area (Å²) < 4.78 is 25.4. The maximum absolute atomic E-state index is 12.0. The van der Waals surface area contributed by atoms with E-state index in [9.17, 15) is 13.5 Å². The lowest BCUT2D eigenvalue weighted by molar-refractivity contribution is 0.187. The third kappa shape index (κ3) is 2.91. The van der Waals surface area contributed by atoms with Gasteiger partial charge in [0.1, 0.15) is 0 Å². The van der Waals surface area contributed by atoms with Crippen LogP contribution < -0.4 is 0 Å². The van der Waals surface area contributed by atoms with Gasteiger partial charge in [-0.15, -0.1) is 0 Å². The molecule has 0 bridgehead atoms. The molecular weight excluding hydrogens is 250 g/mol. The summed E-state index contributed by atoms with van der Waals surface area (Å²) in [5.41, 5.74) is 1.05. The lowest BCUT2D eigenvalue weighted by Crippen LogP contribution is -2.40. The van der Waals surface area contributed by atoms with E-state index in [1.165, 1.54) is 4.31 Å². The van der Waals surface area contributed by atoms with Gasteiger partial charge in [-0.25, -0.2) is 8.42 Å². The molecule has 5 heteroatoms.